The lowest BCUT2D eigenvalue weighted by molar-refractivity contribution is -0.146. The van der Waals surface area contributed by atoms with Gasteiger partial charge >= 0.3 is 5.97 Å². The number of carbonyl (C=O) groups excluding carboxylic acids is 2. The number of esters is 1. The van der Waals surface area contributed by atoms with Crippen LogP contribution in [0.25, 0.3) is 17.0 Å². The van der Waals surface area contributed by atoms with Gasteiger partial charge in [-0.15, -0.1) is 5.10 Å². The number of nitrogens with one attached hydrogen (secondary N) is 2. The smallest absolute Gasteiger partial charge is 0.310 e. The Morgan fingerprint density at radius 2 is 1.84 bits per heavy atom. The van der Waals surface area contributed by atoms with Gasteiger partial charge in [-0.25, -0.2) is 13.8 Å². The zero-order valence-corrected chi connectivity index (χ0v) is 17.4. The molecule has 164 valence electrons. The van der Waals surface area contributed by atoms with Crippen LogP contribution in [0.15, 0.2) is 42.5 Å². The van der Waals surface area contributed by atoms with E-state index >= 15 is 0 Å². The number of nitrogens with zero attached hydrogens (tertiary/aromatic N) is 3. The van der Waals surface area contributed by atoms with Crippen LogP contribution in [0.5, 0.6) is 0 Å². The number of fused-ring (bicyclic) bond motifs is 1. The van der Waals surface area contributed by atoms with E-state index in [1.54, 1.807) is 24.3 Å². The van der Waals surface area contributed by atoms with Gasteiger partial charge in [0.25, 0.3) is 5.91 Å². The average Bonchev–Trinajstić information content (AvgIpc) is 3.25. The predicted molar refractivity (Wildman–Crippen MR) is 112 cm³/mol. The molecule has 8 nitrogen and oxygen atoms in total. The normalized spacial score (nSPS) is 11.0. The average molecular weight is 460 g/mol. The number of halogens is 3. The number of hydrogen-bond donors (Lipinski definition) is 2. The van der Waals surface area contributed by atoms with E-state index in [2.05, 4.69) is 20.5 Å². The standard InChI is InChI=1S/C21H16ClF2N5O3/c1-11-19(22)21-26-20(28-29(21)27-11)13-2-4-16(5-3-13)25-17(30)10-32-18(31)8-12-6-14(23)9-15(24)7-12/h2-7,9,27H,8,10H2,1H3,(H,25,30). The summed E-state index contributed by atoms with van der Waals surface area (Å²) in [7, 11) is 0. The topological polar surface area (TPSA) is 101 Å². The predicted octanol–water partition coefficient (Wildman–Crippen LogP) is 3.69. The molecule has 0 unspecified atom stereocenters. The van der Waals surface area contributed by atoms with Gasteiger partial charge in [0.2, 0.25) is 0 Å². The fourth-order valence-electron chi connectivity index (χ4n) is 3.01. The van der Waals surface area contributed by atoms with Crippen LogP contribution in [-0.2, 0) is 20.7 Å². The largest absolute Gasteiger partial charge is 0.455 e. The molecule has 0 bridgehead atoms. The van der Waals surface area contributed by atoms with Crippen molar-refractivity contribution in [2.75, 3.05) is 11.9 Å². The molecule has 0 aliphatic carbocycles. The summed E-state index contributed by atoms with van der Waals surface area (Å²) < 4.78 is 32.7. The van der Waals surface area contributed by atoms with Gasteiger partial charge in [0.1, 0.15) is 16.7 Å². The van der Waals surface area contributed by atoms with E-state index in [1.807, 2.05) is 6.92 Å². The molecule has 0 aliphatic rings. The van der Waals surface area contributed by atoms with Gasteiger partial charge < -0.3 is 10.1 Å². The lowest BCUT2D eigenvalue weighted by Gasteiger charge is -2.07. The molecule has 0 fully saturated rings. The number of benzene rings is 2. The first-order valence-electron chi connectivity index (χ1n) is 9.40. The van der Waals surface area contributed by atoms with E-state index < -0.39 is 30.1 Å². The van der Waals surface area contributed by atoms with E-state index in [0.717, 1.165) is 17.8 Å². The van der Waals surface area contributed by atoms with Gasteiger partial charge in [0, 0.05) is 17.3 Å². The van der Waals surface area contributed by atoms with Crippen molar-refractivity contribution >= 4 is 34.8 Å². The number of amides is 1. The molecule has 0 radical (unpaired) electrons. The molecular weight excluding hydrogens is 444 g/mol. The molecule has 1 amide bonds. The molecule has 0 spiro atoms. The molecule has 2 N–H and O–H groups in total. The van der Waals surface area contributed by atoms with E-state index in [0.29, 0.717) is 33.8 Å². The highest BCUT2D eigenvalue weighted by Crippen LogP contribution is 2.24. The number of aromatic nitrogens is 4. The monoisotopic (exact) mass is 459 g/mol. The first-order valence-corrected chi connectivity index (χ1v) is 9.78. The number of aryl methyl sites for hydroxylation is 1. The Morgan fingerprint density at radius 1 is 1.16 bits per heavy atom. The van der Waals surface area contributed by atoms with Crippen molar-refractivity contribution in [2.45, 2.75) is 13.3 Å². The molecule has 2 heterocycles. The van der Waals surface area contributed by atoms with Crippen LogP contribution in [0.3, 0.4) is 0 Å². The Balaban J connectivity index is 1.31. The van der Waals surface area contributed by atoms with E-state index in [4.69, 9.17) is 16.3 Å². The van der Waals surface area contributed by atoms with Crippen molar-refractivity contribution < 1.29 is 23.1 Å². The molecule has 11 heteroatoms. The van der Waals surface area contributed by atoms with Crippen LogP contribution >= 0.6 is 11.6 Å². The van der Waals surface area contributed by atoms with Gasteiger partial charge in [-0.3, -0.25) is 14.7 Å². The van der Waals surface area contributed by atoms with Crippen LogP contribution in [0.2, 0.25) is 5.02 Å². The van der Waals surface area contributed by atoms with Crippen molar-refractivity contribution in [1.82, 2.24) is 19.8 Å². The lowest BCUT2D eigenvalue weighted by atomic mass is 10.1. The van der Waals surface area contributed by atoms with Gasteiger partial charge in [-0.05, 0) is 48.9 Å². The molecule has 2 aromatic heterocycles. The van der Waals surface area contributed by atoms with Gasteiger partial charge in [0.05, 0.1) is 12.1 Å². The summed E-state index contributed by atoms with van der Waals surface area (Å²) in [6.45, 7) is 1.28. The zero-order chi connectivity index (χ0) is 22.8. The minimum atomic E-state index is -0.796. The number of ether oxygens (including phenoxy) is 1. The number of carbonyl (C=O) groups is 2. The highest BCUT2D eigenvalue weighted by molar-refractivity contribution is 6.34. The fraction of sp³-hybridized carbons (Fsp3) is 0.143. The Kier molecular flexibility index (Phi) is 5.87. The number of aromatic amines is 1. The summed E-state index contributed by atoms with van der Waals surface area (Å²) in [6.07, 6.45) is -0.355. The second-order valence-corrected chi connectivity index (χ2v) is 7.34. The number of hydrogen-bond acceptors (Lipinski definition) is 5. The van der Waals surface area contributed by atoms with Crippen molar-refractivity contribution in [3.63, 3.8) is 0 Å². The van der Waals surface area contributed by atoms with Crippen LogP contribution in [0.4, 0.5) is 14.5 Å². The Hall–Kier alpha value is -3.79. The highest BCUT2D eigenvalue weighted by atomic mass is 35.5. The molecule has 32 heavy (non-hydrogen) atoms. The first-order chi connectivity index (χ1) is 15.3. The van der Waals surface area contributed by atoms with Crippen molar-refractivity contribution in [2.24, 2.45) is 0 Å². The minimum absolute atomic E-state index is 0.115. The molecule has 0 atom stereocenters. The maximum absolute atomic E-state index is 13.2. The van der Waals surface area contributed by atoms with Crippen molar-refractivity contribution in [1.29, 1.82) is 0 Å². The molecule has 0 saturated carbocycles. The van der Waals surface area contributed by atoms with E-state index in [-0.39, 0.29) is 12.0 Å². The van der Waals surface area contributed by atoms with Crippen LogP contribution < -0.4 is 5.32 Å². The maximum Gasteiger partial charge on any atom is 0.310 e. The van der Waals surface area contributed by atoms with E-state index in [9.17, 15) is 18.4 Å². The minimum Gasteiger partial charge on any atom is -0.455 e. The summed E-state index contributed by atoms with van der Waals surface area (Å²) >= 11 is 6.16. The molecular formula is C21H16ClF2N5O3. The highest BCUT2D eigenvalue weighted by Gasteiger charge is 2.14. The van der Waals surface area contributed by atoms with Gasteiger partial charge in [-0.1, -0.05) is 11.6 Å². The van der Waals surface area contributed by atoms with Crippen LogP contribution in [0, 0.1) is 18.6 Å². The fourth-order valence-corrected chi connectivity index (χ4v) is 3.17. The van der Waals surface area contributed by atoms with Crippen molar-refractivity contribution in [3.05, 3.63) is 70.4 Å². The number of H-pyrrole nitrogens is 1. The molecule has 0 aliphatic heterocycles. The number of rotatable bonds is 6. The van der Waals surface area contributed by atoms with Gasteiger partial charge in [0.15, 0.2) is 18.1 Å². The Labute approximate surface area is 185 Å². The molecule has 0 saturated heterocycles. The summed E-state index contributed by atoms with van der Waals surface area (Å²) in [4.78, 5) is 28.2. The Morgan fingerprint density at radius 3 is 2.50 bits per heavy atom. The molecule has 2 aromatic carbocycles. The van der Waals surface area contributed by atoms with E-state index in [1.165, 1.54) is 4.63 Å². The molecule has 4 aromatic rings. The quantitative estimate of drug-likeness (QED) is 0.428. The maximum atomic E-state index is 13.2. The lowest BCUT2D eigenvalue weighted by Crippen LogP contribution is -2.21. The molecule has 4 rings (SSSR count). The van der Waals surface area contributed by atoms with Gasteiger partial charge in [-0.2, -0.15) is 4.63 Å². The second kappa shape index (κ2) is 8.75. The first kappa shape index (κ1) is 21.4. The number of anilines is 1. The third-order valence-corrected chi connectivity index (χ3v) is 4.92. The van der Waals surface area contributed by atoms with Crippen LogP contribution in [0.1, 0.15) is 11.3 Å². The summed E-state index contributed by atoms with van der Waals surface area (Å²) in [6, 6.07) is 9.48. The zero-order valence-electron chi connectivity index (χ0n) is 16.7. The SMILES string of the molecule is Cc1[nH]n2nc(-c3ccc(NC(=O)COC(=O)Cc4cc(F)cc(F)c4)cc3)nc2c1Cl. The summed E-state index contributed by atoms with van der Waals surface area (Å²) in [5, 5.41) is 10.4. The third-order valence-electron chi connectivity index (χ3n) is 4.47. The van der Waals surface area contributed by atoms with Crippen molar-refractivity contribution in [3.8, 4) is 11.4 Å². The van der Waals surface area contributed by atoms with Crippen LogP contribution in [-0.4, -0.2) is 38.3 Å². The Bertz CT molecular complexity index is 1300. The second-order valence-electron chi connectivity index (χ2n) is 6.96. The summed E-state index contributed by atoms with van der Waals surface area (Å²) in [5.74, 6) is -2.48. The third kappa shape index (κ3) is 4.75. The summed E-state index contributed by atoms with van der Waals surface area (Å²) in [5.41, 5.74) is 2.57.